The summed E-state index contributed by atoms with van der Waals surface area (Å²) in [6, 6.07) is 1.92. The van der Waals surface area contributed by atoms with Crippen LogP contribution in [-0.4, -0.2) is 30.6 Å². The van der Waals surface area contributed by atoms with Crippen molar-refractivity contribution < 1.29 is 9.53 Å². The Bertz CT molecular complexity index is 396. The van der Waals surface area contributed by atoms with Gasteiger partial charge in [-0.1, -0.05) is 0 Å². The van der Waals surface area contributed by atoms with Gasteiger partial charge in [0.1, 0.15) is 12.4 Å². The summed E-state index contributed by atoms with van der Waals surface area (Å²) in [5, 5.41) is 0. The van der Waals surface area contributed by atoms with Gasteiger partial charge < -0.3 is 9.64 Å². The average molecular weight is 301 g/mol. The van der Waals surface area contributed by atoms with Gasteiger partial charge >= 0.3 is 5.97 Å². The number of hydrogen-bond donors (Lipinski definition) is 0. The Kier molecular flexibility index (Phi) is 5.41. The van der Waals surface area contributed by atoms with E-state index in [1.54, 1.807) is 13.1 Å². The maximum atomic E-state index is 11.5. The van der Waals surface area contributed by atoms with E-state index in [1.807, 2.05) is 24.8 Å². The van der Waals surface area contributed by atoms with Gasteiger partial charge in [0.15, 0.2) is 0 Å². The van der Waals surface area contributed by atoms with E-state index in [-0.39, 0.29) is 12.5 Å². The van der Waals surface area contributed by atoms with Crippen LogP contribution in [0.25, 0.3) is 0 Å². The van der Waals surface area contributed by atoms with Gasteiger partial charge in [-0.3, -0.25) is 4.79 Å². The summed E-state index contributed by atoms with van der Waals surface area (Å²) in [6.45, 7) is 7.10. The number of carbonyl (C=O) groups excluding carboxylic acids is 1. The van der Waals surface area contributed by atoms with Gasteiger partial charge in [0, 0.05) is 12.7 Å². The third-order valence-electron chi connectivity index (χ3n) is 2.37. The number of carbonyl (C=O) groups is 1. The lowest BCUT2D eigenvalue weighted by Gasteiger charge is -2.22. The summed E-state index contributed by atoms with van der Waals surface area (Å²) >= 11 is 3.49. The van der Waals surface area contributed by atoms with E-state index < -0.39 is 0 Å². The number of ether oxygens (including phenoxy) is 1. The SMILES string of the molecule is CCOC(=O)CN(CC)c1nccc(C)c1Br. The number of nitrogens with zero attached hydrogens (tertiary/aromatic N) is 2. The molecule has 0 aliphatic carbocycles. The molecule has 0 amide bonds. The van der Waals surface area contributed by atoms with Crippen LogP contribution >= 0.6 is 15.9 Å². The molecule has 0 radical (unpaired) electrons. The lowest BCUT2D eigenvalue weighted by Crippen LogP contribution is -2.31. The van der Waals surface area contributed by atoms with Crippen molar-refractivity contribution >= 4 is 27.7 Å². The van der Waals surface area contributed by atoms with Crippen molar-refractivity contribution in [2.45, 2.75) is 20.8 Å². The number of likely N-dealkylation sites (N-methyl/N-ethyl adjacent to an activating group) is 1. The second-order valence-corrected chi connectivity index (χ2v) is 4.38. The number of anilines is 1. The van der Waals surface area contributed by atoms with Crippen LogP contribution in [0.1, 0.15) is 19.4 Å². The Labute approximate surface area is 110 Å². The Morgan fingerprint density at radius 3 is 2.82 bits per heavy atom. The normalized spacial score (nSPS) is 10.1. The highest BCUT2D eigenvalue weighted by Gasteiger charge is 2.15. The Balaban J connectivity index is 2.86. The second-order valence-electron chi connectivity index (χ2n) is 3.58. The van der Waals surface area contributed by atoms with Gasteiger partial charge in [-0.15, -0.1) is 0 Å². The number of aryl methyl sites for hydroxylation is 1. The molecule has 0 aliphatic heterocycles. The summed E-state index contributed by atoms with van der Waals surface area (Å²) < 4.78 is 5.86. The lowest BCUT2D eigenvalue weighted by atomic mass is 10.3. The highest BCUT2D eigenvalue weighted by molar-refractivity contribution is 9.10. The van der Waals surface area contributed by atoms with Gasteiger partial charge in [-0.05, 0) is 48.3 Å². The van der Waals surface area contributed by atoms with Crippen LogP contribution in [0.5, 0.6) is 0 Å². The van der Waals surface area contributed by atoms with E-state index in [9.17, 15) is 4.79 Å². The fraction of sp³-hybridized carbons (Fsp3) is 0.500. The summed E-state index contributed by atoms with van der Waals surface area (Å²) in [7, 11) is 0. The molecule has 1 aromatic rings. The van der Waals surface area contributed by atoms with Crippen molar-refractivity contribution in [1.82, 2.24) is 4.98 Å². The standard InChI is InChI=1S/C12H17BrN2O2/c1-4-15(8-10(16)17-5-2)12-11(13)9(3)6-7-14-12/h6-7H,4-5,8H2,1-3H3. The highest BCUT2D eigenvalue weighted by atomic mass is 79.9. The number of hydrogen-bond acceptors (Lipinski definition) is 4. The van der Waals surface area contributed by atoms with Crippen LogP contribution in [0.3, 0.4) is 0 Å². The zero-order valence-corrected chi connectivity index (χ0v) is 12.0. The first kappa shape index (κ1) is 14.0. The summed E-state index contributed by atoms with van der Waals surface area (Å²) in [4.78, 5) is 17.7. The molecule has 94 valence electrons. The van der Waals surface area contributed by atoms with E-state index in [4.69, 9.17) is 4.74 Å². The van der Waals surface area contributed by atoms with Crippen LogP contribution in [-0.2, 0) is 9.53 Å². The van der Waals surface area contributed by atoms with Crippen molar-refractivity contribution in [2.75, 3.05) is 24.6 Å². The fourth-order valence-electron chi connectivity index (χ4n) is 1.45. The van der Waals surface area contributed by atoms with Gasteiger partial charge in [-0.25, -0.2) is 4.98 Å². The van der Waals surface area contributed by atoms with Crippen LogP contribution in [0.2, 0.25) is 0 Å². The van der Waals surface area contributed by atoms with Gasteiger partial charge in [0.25, 0.3) is 0 Å². The molecule has 0 unspecified atom stereocenters. The molecule has 0 spiro atoms. The molecule has 1 rings (SSSR count). The Hall–Kier alpha value is -1.10. The van der Waals surface area contributed by atoms with Crippen molar-refractivity contribution in [3.05, 3.63) is 22.3 Å². The smallest absolute Gasteiger partial charge is 0.325 e. The van der Waals surface area contributed by atoms with Gasteiger partial charge in [-0.2, -0.15) is 0 Å². The molecule has 17 heavy (non-hydrogen) atoms. The predicted octanol–water partition coefficient (Wildman–Crippen LogP) is 2.54. The molecule has 0 aliphatic rings. The molecule has 1 aromatic heterocycles. The first-order valence-corrected chi connectivity index (χ1v) is 6.41. The molecule has 4 nitrogen and oxygen atoms in total. The first-order chi connectivity index (χ1) is 8.10. The third-order valence-corrected chi connectivity index (χ3v) is 3.35. The third kappa shape index (κ3) is 3.70. The van der Waals surface area contributed by atoms with E-state index >= 15 is 0 Å². The summed E-state index contributed by atoms with van der Waals surface area (Å²) in [5.74, 6) is 0.546. The first-order valence-electron chi connectivity index (χ1n) is 5.61. The molecule has 0 fully saturated rings. The average Bonchev–Trinajstić information content (AvgIpc) is 2.30. The van der Waals surface area contributed by atoms with E-state index in [2.05, 4.69) is 20.9 Å². The number of esters is 1. The number of halogens is 1. The molecule has 0 N–H and O–H groups in total. The van der Waals surface area contributed by atoms with Crippen molar-refractivity contribution in [1.29, 1.82) is 0 Å². The van der Waals surface area contributed by atoms with E-state index in [0.29, 0.717) is 13.2 Å². The van der Waals surface area contributed by atoms with E-state index in [0.717, 1.165) is 15.9 Å². The molecule has 5 heteroatoms. The molecular formula is C12H17BrN2O2. The van der Waals surface area contributed by atoms with Crippen molar-refractivity contribution in [3.63, 3.8) is 0 Å². The Morgan fingerprint density at radius 2 is 2.24 bits per heavy atom. The topological polar surface area (TPSA) is 42.4 Å². The van der Waals surface area contributed by atoms with Crippen LogP contribution in [0, 0.1) is 6.92 Å². The van der Waals surface area contributed by atoms with Crippen molar-refractivity contribution in [3.8, 4) is 0 Å². The largest absolute Gasteiger partial charge is 0.465 e. The molecule has 0 saturated heterocycles. The van der Waals surface area contributed by atoms with Crippen LogP contribution in [0.15, 0.2) is 16.7 Å². The maximum absolute atomic E-state index is 11.5. The molecule has 0 saturated carbocycles. The Morgan fingerprint density at radius 1 is 1.53 bits per heavy atom. The lowest BCUT2D eigenvalue weighted by molar-refractivity contribution is -0.141. The van der Waals surface area contributed by atoms with Gasteiger partial charge in [0.05, 0.1) is 11.1 Å². The fourth-order valence-corrected chi connectivity index (χ4v) is 1.93. The molecule has 1 heterocycles. The number of rotatable bonds is 5. The van der Waals surface area contributed by atoms with Crippen molar-refractivity contribution in [2.24, 2.45) is 0 Å². The van der Waals surface area contributed by atoms with E-state index in [1.165, 1.54) is 0 Å². The maximum Gasteiger partial charge on any atom is 0.325 e. The monoisotopic (exact) mass is 300 g/mol. The summed E-state index contributed by atoms with van der Waals surface area (Å²) in [5.41, 5.74) is 1.09. The molecule has 0 bridgehead atoms. The zero-order valence-electron chi connectivity index (χ0n) is 10.4. The predicted molar refractivity (Wildman–Crippen MR) is 71.2 cm³/mol. The quantitative estimate of drug-likeness (QED) is 0.784. The molecular weight excluding hydrogens is 284 g/mol. The van der Waals surface area contributed by atoms with Gasteiger partial charge in [0.2, 0.25) is 0 Å². The highest BCUT2D eigenvalue weighted by Crippen LogP contribution is 2.26. The minimum atomic E-state index is -0.232. The molecule has 0 atom stereocenters. The number of aromatic nitrogens is 1. The van der Waals surface area contributed by atoms with Crippen LogP contribution in [0.4, 0.5) is 5.82 Å². The summed E-state index contributed by atoms with van der Waals surface area (Å²) in [6.07, 6.45) is 1.74. The number of pyridine rings is 1. The molecule has 0 aromatic carbocycles. The van der Waals surface area contributed by atoms with Crippen LogP contribution < -0.4 is 4.90 Å². The second kappa shape index (κ2) is 6.59. The zero-order chi connectivity index (χ0) is 12.8. The minimum Gasteiger partial charge on any atom is -0.465 e. The minimum absolute atomic E-state index is 0.222.